The van der Waals surface area contributed by atoms with E-state index in [1.807, 2.05) is 67.8 Å². The van der Waals surface area contributed by atoms with Gasteiger partial charge in [0.1, 0.15) is 11.6 Å². The van der Waals surface area contributed by atoms with Gasteiger partial charge in [0.2, 0.25) is 0 Å². The molecular formula is C24H21Cl2N3O. The Morgan fingerprint density at radius 3 is 2.50 bits per heavy atom. The molecule has 3 aromatic rings. The Kier molecular flexibility index (Phi) is 6.66. The number of nitriles is 1. The fourth-order valence-corrected chi connectivity index (χ4v) is 3.73. The zero-order chi connectivity index (χ0) is 21.8. The highest BCUT2D eigenvalue weighted by Crippen LogP contribution is 2.29. The topological polar surface area (TPSA) is 57.8 Å². The molecule has 1 atom stereocenters. The van der Waals surface area contributed by atoms with Gasteiger partial charge < -0.3 is 9.88 Å². The van der Waals surface area contributed by atoms with Gasteiger partial charge >= 0.3 is 0 Å². The highest BCUT2D eigenvalue weighted by atomic mass is 35.5. The zero-order valence-electron chi connectivity index (χ0n) is 16.9. The van der Waals surface area contributed by atoms with Crippen molar-refractivity contribution in [3.63, 3.8) is 0 Å². The summed E-state index contributed by atoms with van der Waals surface area (Å²) in [5.41, 5.74) is 4.29. The fourth-order valence-electron chi connectivity index (χ4n) is 3.37. The van der Waals surface area contributed by atoms with Gasteiger partial charge in [-0.1, -0.05) is 53.5 Å². The van der Waals surface area contributed by atoms with Gasteiger partial charge in [-0.05, 0) is 62.2 Å². The summed E-state index contributed by atoms with van der Waals surface area (Å²) in [4.78, 5) is 12.7. The van der Waals surface area contributed by atoms with Crippen LogP contribution < -0.4 is 5.32 Å². The number of nitrogens with zero attached hydrogens (tertiary/aromatic N) is 2. The van der Waals surface area contributed by atoms with Crippen LogP contribution in [0.15, 0.2) is 60.2 Å². The molecule has 0 aliphatic heterocycles. The van der Waals surface area contributed by atoms with E-state index >= 15 is 0 Å². The lowest BCUT2D eigenvalue weighted by atomic mass is 10.1. The zero-order valence-corrected chi connectivity index (χ0v) is 18.4. The summed E-state index contributed by atoms with van der Waals surface area (Å²) in [7, 11) is 0. The number of nitrogens with one attached hydrogen (secondary N) is 1. The van der Waals surface area contributed by atoms with E-state index in [-0.39, 0.29) is 11.6 Å². The molecule has 0 saturated heterocycles. The second-order valence-electron chi connectivity index (χ2n) is 7.03. The Balaban J connectivity index is 1.92. The lowest BCUT2D eigenvalue weighted by Gasteiger charge is -2.14. The predicted molar refractivity (Wildman–Crippen MR) is 122 cm³/mol. The van der Waals surface area contributed by atoms with Gasteiger partial charge in [0.25, 0.3) is 5.91 Å². The number of carbonyl (C=O) groups is 1. The first-order chi connectivity index (χ1) is 14.3. The Labute approximate surface area is 186 Å². The van der Waals surface area contributed by atoms with Crippen LogP contribution in [0, 0.1) is 25.2 Å². The molecule has 0 spiro atoms. The highest BCUT2D eigenvalue weighted by Gasteiger charge is 2.17. The SMILES string of the molecule is Cc1cc(/C=C(/C#N)C(=O)N[C@@H](C)c2ccccc2)c(C)n1-c1cc(Cl)ccc1Cl. The normalized spacial score (nSPS) is 12.3. The van der Waals surface area contributed by atoms with Crippen LogP contribution >= 0.6 is 23.2 Å². The molecule has 30 heavy (non-hydrogen) atoms. The maximum absolute atomic E-state index is 12.7. The van der Waals surface area contributed by atoms with Gasteiger partial charge in [-0.25, -0.2) is 0 Å². The largest absolute Gasteiger partial charge is 0.345 e. The van der Waals surface area contributed by atoms with Gasteiger partial charge in [0, 0.05) is 16.4 Å². The first kappa shape index (κ1) is 21.7. The molecule has 3 rings (SSSR count). The number of halogens is 2. The van der Waals surface area contributed by atoms with Crippen LogP contribution in [0.1, 0.15) is 35.5 Å². The average Bonchev–Trinajstić information content (AvgIpc) is 3.01. The van der Waals surface area contributed by atoms with Gasteiger partial charge in [-0.3, -0.25) is 4.79 Å². The monoisotopic (exact) mass is 437 g/mol. The van der Waals surface area contributed by atoms with Crippen molar-refractivity contribution in [1.29, 1.82) is 5.26 Å². The number of amides is 1. The Morgan fingerprint density at radius 2 is 1.83 bits per heavy atom. The number of rotatable bonds is 5. The van der Waals surface area contributed by atoms with Crippen molar-refractivity contribution in [3.8, 4) is 11.8 Å². The van der Waals surface area contributed by atoms with E-state index in [1.54, 1.807) is 24.3 Å². The average molecular weight is 438 g/mol. The standard InChI is InChI=1S/C24H21Cl2N3O/c1-15-11-19(17(3)29(15)23-13-21(25)9-10-22(23)26)12-20(14-27)24(30)28-16(2)18-7-5-4-6-8-18/h4-13,16H,1-3H3,(H,28,30)/b20-12-/t16-/m0/s1. The molecule has 0 aliphatic carbocycles. The molecule has 2 aromatic carbocycles. The van der Waals surface area contributed by atoms with Crippen molar-refractivity contribution in [3.05, 3.63) is 92.7 Å². The molecule has 4 nitrogen and oxygen atoms in total. The molecular weight excluding hydrogens is 417 g/mol. The summed E-state index contributed by atoms with van der Waals surface area (Å²) in [6.45, 7) is 5.73. The van der Waals surface area contributed by atoms with Crippen LogP contribution in [0.5, 0.6) is 0 Å². The molecule has 0 unspecified atom stereocenters. The summed E-state index contributed by atoms with van der Waals surface area (Å²) in [6.07, 6.45) is 1.60. The fraction of sp³-hybridized carbons (Fsp3) is 0.167. The van der Waals surface area contributed by atoms with Crippen LogP contribution in [-0.2, 0) is 4.79 Å². The molecule has 152 valence electrons. The Hall–Kier alpha value is -3.00. The van der Waals surface area contributed by atoms with E-state index < -0.39 is 5.91 Å². The summed E-state index contributed by atoms with van der Waals surface area (Å²) in [5, 5.41) is 13.6. The Bertz CT molecular complexity index is 1160. The van der Waals surface area contributed by atoms with Crippen molar-refractivity contribution in [2.45, 2.75) is 26.8 Å². The smallest absolute Gasteiger partial charge is 0.262 e. The van der Waals surface area contributed by atoms with Crippen molar-refractivity contribution >= 4 is 35.2 Å². The molecule has 1 amide bonds. The highest BCUT2D eigenvalue weighted by molar-refractivity contribution is 6.34. The van der Waals surface area contributed by atoms with E-state index in [0.717, 1.165) is 28.2 Å². The number of benzene rings is 2. The molecule has 0 radical (unpaired) electrons. The van der Waals surface area contributed by atoms with Crippen molar-refractivity contribution < 1.29 is 4.79 Å². The van der Waals surface area contributed by atoms with Gasteiger partial charge in [0.15, 0.2) is 0 Å². The van der Waals surface area contributed by atoms with E-state index in [1.165, 1.54) is 0 Å². The summed E-state index contributed by atoms with van der Waals surface area (Å²) in [5.74, 6) is -0.417. The van der Waals surface area contributed by atoms with E-state index in [2.05, 4.69) is 5.32 Å². The summed E-state index contributed by atoms with van der Waals surface area (Å²) < 4.78 is 1.96. The molecule has 1 heterocycles. The van der Waals surface area contributed by atoms with Gasteiger partial charge in [-0.2, -0.15) is 5.26 Å². The van der Waals surface area contributed by atoms with Crippen LogP contribution in [0.2, 0.25) is 10.0 Å². The molecule has 1 N–H and O–H groups in total. The van der Waals surface area contributed by atoms with Crippen LogP contribution in [-0.4, -0.2) is 10.5 Å². The Morgan fingerprint density at radius 1 is 1.13 bits per heavy atom. The minimum Gasteiger partial charge on any atom is -0.345 e. The van der Waals surface area contributed by atoms with Crippen LogP contribution in [0.4, 0.5) is 0 Å². The number of hydrogen-bond donors (Lipinski definition) is 1. The molecule has 1 aromatic heterocycles. The number of aromatic nitrogens is 1. The predicted octanol–water partition coefficient (Wildman–Crippen LogP) is 6.19. The molecule has 0 aliphatic rings. The lowest BCUT2D eigenvalue weighted by Crippen LogP contribution is -2.27. The van der Waals surface area contributed by atoms with Crippen molar-refractivity contribution in [2.24, 2.45) is 0 Å². The van der Waals surface area contributed by atoms with Gasteiger partial charge in [-0.15, -0.1) is 0 Å². The minimum absolute atomic E-state index is 0.0372. The molecule has 6 heteroatoms. The molecule has 0 bridgehead atoms. The number of hydrogen-bond acceptors (Lipinski definition) is 2. The van der Waals surface area contributed by atoms with Crippen LogP contribution in [0.25, 0.3) is 11.8 Å². The van der Waals surface area contributed by atoms with Crippen LogP contribution in [0.3, 0.4) is 0 Å². The van der Waals surface area contributed by atoms with Crippen molar-refractivity contribution in [1.82, 2.24) is 9.88 Å². The molecule has 0 saturated carbocycles. The number of carbonyl (C=O) groups excluding carboxylic acids is 1. The molecule has 0 fully saturated rings. The van der Waals surface area contributed by atoms with E-state index in [0.29, 0.717) is 10.0 Å². The first-order valence-corrected chi connectivity index (χ1v) is 10.2. The second-order valence-corrected chi connectivity index (χ2v) is 7.88. The lowest BCUT2D eigenvalue weighted by molar-refractivity contribution is -0.117. The summed E-state index contributed by atoms with van der Waals surface area (Å²) in [6, 6.07) is 18.6. The minimum atomic E-state index is -0.417. The maximum atomic E-state index is 12.7. The van der Waals surface area contributed by atoms with E-state index in [4.69, 9.17) is 23.2 Å². The second kappa shape index (κ2) is 9.21. The van der Waals surface area contributed by atoms with E-state index in [9.17, 15) is 10.1 Å². The summed E-state index contributed by atoms with van der Waals surface area (Å²) >= 11 is 12.5. The number of aryl methyl sites for hydroxylation is 1. The van der Waals surface area contributed by atoms with Gasteiger partial charge in [0.05, 0.1) is 16.8 Å². The third kappa shape index (κ3) is 4.59. The third-order valence-electron chi connectivity index (χ3n) is 4.93. The van der Waals surface area contributed by atoms with Crippen molar-refractivity contribution in [2.75, 3.05) is 0 Å². The first-order valence-electron chi connectivity index (χ1n) is 9.43. The maximum Gasteiger partial charge on any atom is 0.262 e. The third-order valence-corrected chi connectivity index (χ3v) is 5.49. The quantitative estimate of drug-likeness (QED) is 0.382.